The smallest absolute Gasteiger partial charge is 0.222 e. The Balaban J connectivity index is 0.00000529. The Morgan fingerprint density at radius 2 is 1.92 bits per heavy atom. The molecule has 0 bridgehead atoms. The van der Waals surface area contributed by atoms with E-state index in [1.54, 1.807) is 7.05 Å². The molecule has 1 saturated heterocycles. The molecule has 0 aromatic heterocycles. The van der Waals surface area contributed by atoms with Crippen LogP contribution in [0.15, 0.2) is 4.99 Å². The third kappa shape index (κ3) is 7.55. The summed E-state index contributed by atoms with van der Waals surface area (Å²) in [6, 6.07) is 1.37. The van der Waals surface area contributed by atoms with Gasteiger partial charge in [0.2, 0.25) is 5.91 Å². The van der Waals surface area contributed by atoms with Crippen LogP contribution in [0.5, 0.6) is 0 Å². The molecule has 142 valence electrons. The zero-order valence-electron chi connectivity index (χ0n) is 16.1. The first-order valence-corrected chi connectivity index (χ1v) is 8.89. The second-order valence-electron chi connectivity index (χ2n) is 6.75. The first-order chi connectivity index (χ1) is 10.9. The minimum Gasteiger partial charge on any atom is -0.355 e. The van der Waals surface area contributed by atoms with E-state index in [-0.39, 0.29) is 29.9 Å². The van der Waals surface area contributed by atoms with Crippen molar-refractivity contribution in [3.63, 3.8) is 0 Å². The SMILES string of the molecule is CCC(=O)N1CCC(NC(=NC)NCCN(C(C)C)C(C)C)C1.I. The highest BCUT2D eigenvalue weighted by molar-refractivity contribution is 14.0. The lowest BCUT2D eigenvalue weighted by molar-refractivity contribution is -0.129. The quantitative estimate of drug-likeness (QED) is 0.351. The van der Waals surface area contributed by atoms with E-state index < -0.39 is 0 Å². The van der Waals surface area contributed by atoms with Crippen molar-refractivity contribution in [1.29, 1.82) is 0 Å². The maximum absolute atomic E-state index is 11.7. The lowest BCUT2D eigenvalue weighted by atomic mass is 10.2. The average molecular weight is 453 g/mol. The number of hydrogen-bond donors (Lipinski definition) is 2. The molecule has 1 heterocycles. The number of nitrogens with zero attached hydrogens (tertiary/aromatic N) is 3. The fraction of sp³-hybridized carbons (Fsp3) is 0.882. The number of hydrogen-bond acceptors (Lipinski definition) is 3. The third-order valence-corrected chi connectivity index (χ3v) is 4.40. The molecule has 1 amide bonds. The van der Waals surface area contributed by atoms with Gasteiger partial charge in [0.15, 0.2) is 5.96 Å². The van der Waals surface area contributed by atoms with Crippen LogP contribution in [-0.2, 0) is 4.79 Å². The van der Waals surface area contributed by atoms with Crippen LogP contribution < -0.4 is 10.6 Å². The molecule has 7 heteroatoms. The van der Waals surface area contributed by atoms with Gasteiger partial charge in [-0.3, -0.25) is 14.7 Å². The number of nitrogens with one attached hydrogen (secondary N) is 2. The highest BCUT2D eigenvalue weighted by Gasteiger charge is 2.25. The Labute approximate surface area is 164 Å². The van der Waals surface area contributed by atoms with Gasteiger partial charge in [-0.25, -0.2) is 0 Å². The van der Waals surface area contributed by atoms with Gasteiger partial charge in [-0.1, -0.05) is 6.92 Å². The van der Waals surface area contributed by atoms with Crippen LogP contribution in [0.1, 0.15) is 47.5 Å². The van der Waals surface area contributed by atoms with E-state index >= 15 is 0 Å². The Kier molecular flexibility index (Phi) is 11.6. The summed E-state index contributed by atoms with van der Waals surface area (Å²) in [5.74, 6) is 1.06. The molecule has 24 heavy (non-hydrogen) atoms. The molecule has 0 aromatic carbocycles. The average Bonchev–Trinajstić information content (AvgIpc) is 2.97. The van der Waals surface area contributed by atoms with Crippen molar-refractivity contribution >= 4 is 35.8 Å². The van der Waals surface area contributed by atoms with Crippen LogP contribution in [0.3, 0.4) is 0 Å². The van der Waals surface area contributed by atoms with Gasteiger partial charge in [0.25, 0.3) is 0 Å². The minimum absolute atomic E-state index is 0. The van der Waals surface area contributed by atoms with Crippen LogP contribution in [0.4, 0.5) is 0 Å². The van der Waals surface area contributed by atoms with Gasteiger partial charge in [0.1, 0.15) is 0 Å². The van der Waals surface area contributed by atoms with Crippen LogP contribution in [0, 0.1) is 0 Å². The second kappa shape index (κ2) is 11.9. The number of likely N-dealkylation sites (tertiary alicyclic amines) is 1. The minimum atomic E-state index is 0. The van der Waals surface area contributed by atoms with E-state index in [4.69, 9.17) is 0 Å². The third-order valence-electron chi connectivity index (χ3n) is 4.40. The predicted octanol–water partition coefficient (Wildman–Crippen LogP) is 1.90. The molecule has 2 N–H and O–H groups in total. The van der Waals surface area contributed by atoms with Crippen LogP contribution >= 0.6 is 24.0 Å². The fourth-order valence-electron chi connectivity index (χ4n) is 3.13. The lowest BCUT2D eigenvalue weighted by Gasteiger charge is -2.30. The zero-order valence-corrected chi connectivity index (χ0v) is 18.5. The molecule has 0 saturated carbocycles. The Bertz CT molecular complexity index is 392. The van der Waals surface area contributed by atoms with Crippen LogP contribution in [0.25, 0.3) is 0 Å². The molecule has 1 fully saturated rings. The molecule has 1 aliphatic rings. The molecule has 0 spiro atoms. The number of aliphatic imine (C=N–C) groups is 1. The van der Waals surface area contributed by atoms with Crippen molar-refractivity contribution in [2.75, 3.05) is 33.2 Å². The summed E-state index contributed by atoms with van der Waals surface area (Å²) in [5.41, 5.74) is 0. The highest BCUT2D eigenvalue weighted by atomic mass is 127. The zero-order chi connectivity index (χ0) is 17.4. The van der Waals surface area contributed by atoms with Gasteiger partial charge in [-0.15, -0.1) is 24.0 Å². The van der Waals surface area contributed by atoms with E-state index in [1.807, 2.05) is 11.8 Å². The van der Waals surface area contributed by atoms with E-state index in [1.165, 1.54) is 0 Å². The molecule has 1 atom stereocenters. The molecule has 0 aliphatic carbocycles. The summed E-state index contributed by atoms with van der Waals surface area (Å²) < 4.78 is 0. The van der Waals surface area contributed by atoms with Crippen molar-refractivity contribution in [3.05, 3.63) is 0 Å². The lowest BCUT2D eigenvalue weighted by Crippen LogP contribution is -2.48. The Morgan fingerprint density at radius 1 is 1.29 bits per heavy atom. The monoisotopic (exact) mass is 453 g/mol. The van der Waals surface area contributed by atoms with Gasteiger partial charge in [-0.05, 0) is 34.1 Å². The van der Waals surface area contributed by atoms with Crippen molar-refractivity contribution in [1.82, 2.24) is 20.4 Å². The molecule has 1 unspecified atom stereocenters. The number of carbonyl (C=O) groups excluding carboxylic acids is 1. The van der Waals surface area contributed by atoms with E-state index in [2.05, 4.69) is 48.2 Å². The van der Waals surface area contributed by atoms with Gasteiger partial charge >= 0.3 is 0 Å². The van der Waals surface area contributed by atoms with Crippen LogP contribution in [-0.4, -0.2) is 73.0 Å². The van der Waals surface area contributed by atoms with Crippen LogP contribution in [0.2, 0.25) is 0 Å². The molecular formula is C17H36IN5O. The largest absolute Gasteiger partial charge is 0.355 e. The van der Waals surface area contributed by atoms with E-state index in [0.717, 1.165) is 38.6 Å². The summed E-state index contributed by atoms with van der Waals surface area (Å²) in [5, 5.41) is 6.82. The molecule has 1 rings (SSSR count). The fourth-order valence-corrected chi connectivity index (χ4v) is 3.13. The molecule has 0 aromatic rings. The topological polar surface area (TPSA) is 60.0 Å². The standard InChI is InChI=1S/C17H35N5O.HI/c1-7-16(23)21-10-8-15(12-21)20-17(18-6)19-9-11-22(13(2)3)14(4)5;/h13-15H,7-12H2,1-6H3,(H2,18,19,20);1H. The summed E-state index contributed by atoms with van der Waals surface area (Å²) in [6.07, 6.45) is 1.57. The number of carbonyl (C=O) groups is 1. The molecule has 6 nitrogen and oxygen atoms in total. The van der Waals surface area contributed by atoms with Crippen molar-refractivity contribution < 1.29 is 4.79 Å². The Morgan fingerprint density at radius 3 is 2.42 bits per heavy atom. The first-order valence-electron chi connectivity index (χ1n) is 8.89. The van der Waals surface area contributed by atoms with Crippen molar-refractivity contribution in [2.45, 2.75) is 65.6 Å². The summed E-state index contributed by atoms with van der Waals surface area (Å²) in [6.45, 7) is 14.3. The van der Waals surface area contributed by atoms with Gasteiger partial charge in [0.05, 0.1) is 0 Å². The number of amides is 1. The molecular weight excluding hydrogens is 417 g/mol. The van der Waals surface area contributed by atoms with Gasteiger partial charge < -0.3 is 15.5 Å². The number of halogens is 1. The Hall–Kier alpha value is -0.570. The maximum atomic E-state index is 11.7. The maximum Gasteiger partial charge on any atom is 0.222 e. The summed E-state index contributed by atoms with van der Waals surface area (Å²) >= 11 is 0. The normalized spacial score (nSPS) is 18.3. The predicted molar refractivity (Wildman–Crippen MR) is 112 cm³/mol. The highest BCUT2D eigenvalue weighted by Crippen LogP contribution is 2.10. The summed E-state index contributed by atoms with van der Waals surface area (Å²) in [4.78, 5) is 20.4. The van der Waals surface area contributed by atoms with E-state index in [9.17, 15) is 4.79 Å². The number of guanidine groups is 1. The second-order valence-corrected chi connectivity index (χ2v) is 6.75. The number of rotatable bonds is 7. The first kappa shape index (κ1) is 23.4. The molecule has 1 aliphatic heterocycles. The van der Waals surface area contributed by atoms with Gasteiger partial charge in [-0.2, -0.15) is 0 Å². The summed E-state index contributed by atoms with van der Waals surface area (Å²) in [7, 11) is 1.79. The molecule has 0 radical (unpaired) electrons. The van der Waals surface area contributed by atoms with Gasteiger partial charge in [0, 0.05) is 57.8 Å². The van der Waals surface area contributed by atoms with E-state index in [0.29, 0.717) is 24.5 Å². The van der Waals surface area contributed by atoms with Crippen molar-refractivity contribution in [2.24, 2.45) is 4.99 Å². The van der Waals surface area contributed by atoms with Crippen molar-refractivity contribution in [3.8, 4) is 0 Å².